The monoisotopic (exact) mass is 235 g/mol. The fraction of sp³-hybridized carbons (Fsp3) is 1.00. The van der Waals surface area contributed by atoms with Gasteiger partial charge in [0.2, 0.25) is 0 Å². The van der Waals surface area contributed by atoms with Gasteiger partial charge in [0.1, 0.15) is 0 Å². The summed E-state index contributed by atoms with van der Waals surface area (Å²) in [5.41, 5.74) is 0. The standard InChI is InChI=1S/C9H18BrNO/c1-2-6-12-7-5-11-4-3-9(10)8-11/h9H,2-8H2,1H3. The Balaban J connectivity index is 1.93. The van der Waals surface area contributed by atoms with E-state index in [1.165, 1.54) is 19.5 Å². The molecule has 1 heterocycles. The molecule has 0 radical (unpaired) electrons. The minimum absolute atomic E-state index is 0.712. The smallest absolute Gasteiger partial charge is 0.0593 e. The van der Waals surface area contributed by atoms with Crippen molar-refractivity contribution >= 4 is 15.9 Å². The van der Waals surface area contributed by atoms with Gasteiger partial charge in [-0.05, 0) is 19.4 Å². The third-order valence-corrected chi connectivity index (χ3v) is 2.86. The number of hydrogen-bond acceptors (Lipinski definition) is 2. The average Bonchev–Trinajstić information content (AvgIpc) is 2.45. The second-order valence-corrected chi connectivity index (χ2v) is 4.59. The van der Waals surface area contributed by atoms with Gasteiger partial charge in [-0.15, -0.1) is 0 Å². The molecule has 1 rings (SSSR count). The van der Waals surface area contributed by atoms with E-state index in [1.807, 2.05) is 0 Å². The molecule has 0 saturated carbocycles. The van der Waals surface area contributed by atoms with Crippen molar-refractivity contribution in [3.63, 3.8) is 0 Å². The molecule has 0 aromatic rings. The van der Waals surface area contributed by atoms with Crippen LogP contribution in [0, 0.1) is 0 Å². The summed E-state index contributed by atoms with van der Waals surface area (Å²) in [6.07, 6.45) is 2.41. The maximum atomic E-state index is 5.42. The second-order valence-electron chi connectivity index (χ2n) is 3.30. The van der Waals surface area contributed by atoms with E-state index in [0.29, 0.717) is 4.83 Å². The number of rotatable bonds is 5. The highest BCUT2D eigenvalue weighted by atomic mass is 79.9. The number of ether oxygens (including phenoxy) is 1. The Bertz CT molecular complexity index is 121. The van der Waals surface area contributed by atoms with E-state index in [0.717, 1.165) is 26.2 Å². The zero-order valence-electron chi connectivity index (χ0n) is 7.76. The van der Waals surface area contributed by atoms with Gasteiger partial charge in [0.15, 0.2) is 0 Å². The first-order valence-corrected chi connectivity index (χ1v) is 5.68. The molecule has 12 heavy (non-hydrogen) atoms. The largest absolute Gasteiger partial charge is 0.380 e. The molecule has 0 spiro atoms. The van der Waals surface area contributed by atoms with Crippen LogP contribution in [0.4, 0.5) is 0 Å². The van der Waals surface area contributed by atoms with Gasteiger partial charge in [-0.3, -0.25) is 4.90 Å². The van der Waals surface area contributed by atoms with Gasteiger partial charge in [-0.25, -0.2) is 0 Å². The van der Waals surface area contributed by atoms with E-state index in [-0.39, 0.29) is 0 Å². The molecule has 0 aliphatic carbocycles. The number of likely N-dealkylation sites (tertiary alicyclic amines) is 1. The number of nitrogens with zero attached hydrogens (tertiary/aromatic N) is 1. The summed E-state index contributed by atoms with van der Waals surface area (Å²) in [6, 6.07) is 0. The second kappa shape index (κ2) is 5.95. The van der Waals surface area contributed by atoms with Crippen molar-refractivity contribution in [2.24, 2.45) is 0 Å². The molecule has 0 bridgehead atoms. The van der Waals surface area contributed by atoms with Crippen molar-refractivity contribution < 1.29 is 4.74 Å². The normalized spacial score (nSPS) is 25.0. The van der Waals surface area contributed by atoms with Crippen LogP contribution >= 0.6 is 15.9 Å². The first-order chi connectivity index (χ1) is 5.83. The SMILES string of the molecule is CCCOCCN1CCC(Br)C1. The molecular formula is C9H18BrNO. The minimum Gasteiger partial charge on any atom is -0.380 e. The fourth-order valence-electron chi connectivity index (χ4n) is 1.43. The van der Waals surface area contributed by atoms with Gasteiger partial charge in [0, 0.05) is 24.5 Å². The molecule has 1 atom stereocenters. The van der Waals surface area contributed by atoms with E-state index >= 15 is 0 Å². The lowest BCUT2D eigenvalue weighted by atomic mass is 10.4. The number of alkyl halides is 1. The van der Waals surface area contributed by atoms with Crippen LogP contribution in [0.5, 0.6) is 0 Å². The molecule has 0 aromatic heterocycles. The summed E-state index contributed by atoms with van der Waals surface area (Å²) in [6.45, 7) is 7.46. The highest BCUT2D eigenvalue weighted by Crippen LogP contribution is 2.15. The summed E-state index contributed by atoms with van der Waals surface area (Å²) >= 11 is 3.62. The Hall–Kier alpha value is 0.400. The molecule has 3 heteroatoms. The highest BCUT2D eigenvalue weighted by molar-refractivity contribution is 9.09. The summed E-state index contributed by atoms with van der Waals surface area (Å²) in [4.78, 5) is 3.17. The maximum Gasteiger partial charge on any atom is 0.0593 e. The summed E-state index contributed by atoms with van der Waals surface area (Å²) < 4.78 is 5.42. The number of halogens is 1. The molecule has 0 N–H and O–H groups in total. The first kappa shape index (κ1) is 10.5. The quantitative estimate of drug-likeness (QED) is 0.533. The van der Waals surface area contributed by atoms with Crippen molar-refractivity contribution in [2.45, 2.75) is 24.6 Å². The molecule has 1 aliphatic rings. The average molecular weight is 236 g/mol. The first-order valence-electron chi connectivity index (χ1n) is 4.77. The predicted octanol–water partition coefficient (Wildman–Crippen LogP) is 1.88. The molecule has 0 aromatic carbocycles. The van der Waals surface area contributed by atoms with Crippen LogP contribution in [0.2, 0.25) is 0 Å². The molecule has 2 nitrogen and oxygen atoms in total. The van der Waals surface area contributed by atoms with Crippen LogP contribution in [0.25, 0.3) is 0 Å². The Morgan fingerprint density at radius 2 is 2.33 bits per heavy atom. The van der Waals surface area contributed by atoms with Crippen molar-refractivity contribution in [1.82, 2.24) is 4.90 Å². The molecule has 1 fully saturated rings. The Labute approximate surface area is 83.4 Å². The van der Waals surface area contributed by atoms with E-state index in [1.54, 1.807) is 0 Å². The van der Waals surface area contributed by atoms with E-state index in [9.17, 15) is 0 Å². The van der Waals surface area contributed by atoms with Crippen molar-refractivity contribution in [3.8, 4) is 0 Å². The van der Waals surface area contributed by atoms with Crippen LogP contribution in [0.15, 0.2) is 0 Å². The van der Waals surface area contributed by atoms with Crippen molar-refractivity contribution in [1.29, 1.82) is 0 Å². The predicted molar refractivity (Wildman–Crippen MR) is 54.9 cm³/mol. The van der Waals surface area contributed by atoms with Crippen LogP contribution < -0.4 is 0 Å². The molecule has 72 valence electrons. The lowest BCUT2D eigenvalue weighted by molar-refractivity contribution is 0.112. The highest BCUT2D eigenvalue weighted by Gasteiger charge is 2.18. The maximum absolute atomic E-state index is 5.42. The fourth-order valence-corrected chi connectivity index (χ4v) is 2.04. The van der Waals surface area contributed by atoms with Gasteiger partial charge < -0.3 is 4.74 Å². The van der Waals surface area contributed by atoms with E-state index in [4.69, 9.17) is 4.74 Å². The molecule has 1 saturated heterocycles. The van der Waals surface area contributed by atoms with Crippen LogP contribution in [-0.4, -0.2) is 42.6 Å². The molecule has 1 aliphatic heterocycles. The summed E-state index contributed by atoms with van der Waals surface area (Å²) in [5.74, 6) is 0. The third-order valence-electron chi connectivity index (χ3n) is 2.12. The van der Waals surface area contributed by atoms with Gasteiger partial charge in [0.05, 0.1) is 6.61 Å². The Morgan fingerprint density at radius 3 is 2.92 bits per heavy atom. The zero-order valence-corrected chi connectivity index (χ0v) is 9.35. The van der Waals surface area contributed by atoms with Crippen molar-refractivity contribution in [3.05, 3.63) is 0 Å². The van der Waals surface area contributed by atoms with Gasteiger partial charge in [-0.2, -0.15) is 0 Å². The van der Waals surface area contributed by atoms with Gasteiger partial charge >= 0.3 is 0 Å². The lowest BCUT2D eigenvalue weighted by Crippen LogP contribution is -2.25. The number of hydrogen-bond donors (Lipinski definition) is 0. The molecular weight excluding hydrogens is 218 g/mol. The topological polar surface area (TPSA) is 12.5 Å². The van der Waals surface area contributed by atoms with E-state index < -0.39 is 0 Å². The van der Waals surface area contributed by atoms with Gasteiger partial charge in [0.25, 0.3) is 0 Å². The van der Waals surface area contributed by atoms with Gasteiger partial charge in [-0.1, -0.05) is 22.9 Å². The third kappa shape index (κ3) is 3.87. The van der Waals surface area contributed by atoms with Crippen molar-refractivity contribution in [2.75, 3.05) is 32.8 Å². The Morgan fingerprint density at radius 1 is 1.50 bits per heavy atom. The minimum atomic E-state index is 0.712. The molecule has 1 unspecified atom stereocenters. The summed E-state index contributed by atoms with van der Waals surface area (Å²) in [7, 11) is 0. The Kier molecular flexibility index (Phi) is 5.19. The summed E-state index contributed by atoms with van der Waals surface area (Å²) in [5, 5.41) is 0. The zero-order chi connectivity index (χ0) is 8.81. The van der Waals surface area contributed by atoms with Crippen LogP contribution in [0.1, 0.15) is 19.8 Å². The van der Waals surface area contributed by atoms with Crippen LogP contribution in [0.3, 0.4) is 0 Å². The lowest BCUT2D eigenvalue weighted by Gasteiger charge is -2.14. The van der Waals surface area contributed by atoms with Crippen LogP contribution in [-0.2, 0) is 4.74 Å². The van der Waals surface area contributed by atoms with E-state index in [2.05, 4.69) is 27.8 Å². The molecule has 0 amide bonds.